The third kappa shape index (κ3) is 2.66. The Morgan fingerprint density at radius 2 is 1.69 bits per heavy atom. The molecule has 7 heteroatoms. The van der Waals surface area contributed by atoms with Crippen LogP contribution in [0.5, 0.6) is 0 Å². The predicted octanol–water partition coefficient (Wildman–Crippen LogP) is -3.26. The van der Waals surface area contributed by atoms with Crippen molar-refractivity contribution in [1.82, 2.24) is 0 Å². The van der Waals surface area contributed by atoms with Crippen LogP contribution in [0.15, 0.2) is 0 Å². The van der Waals surface area contributed by atoms with Gasteiger partial charge < -0.3 is 30.9 Å². The maximum atomic E-state index is 9.20. The van der Waals surface area contributed by atoms with Crippen molar-refractivity contribution in [1.29, 1.82) is 0 Å². The zero-order valence-electron chi connectivity index (χ0n) is 7.08. The fourth-order valence-corrected chi connectivity index (χ4v) is 1.12. The van der Waals surface area contributed by atoms with Crippen molar-refractivity contribution in [3.63, 3.8) is 0 Å². The number of rotatable bonds is 1. The molecule has 0 spiro atoms. The second-order valence-corrected chi connectivity index (χ2v) is 2.81. The third-order valence-corrected chi connectivity index (χ3v) is 1.95. The van der Waals surface area contributed by atoms with Crippen LogP contribution in [0.2, 0.25) is 0 Å². The van der Waals surface area contributed by atoms with Crippen LogP contribution in [0.3, 0.4) is 0 Å². The molecule has 0 aromatic rings. The van der Waals surface area contributed by atoms with Gasteiger partial charge in [0.05, 0.1) is 12.6 Å². The van der Waals surface area contributed by atoms with Gasteiger partial charge in [-0.3, -0.25) is 0 Å². The number of hydrogen-bond donors (Lipinski definition) is 5. The minimum Gasteiger partial charge on any atom is -0.394 e. The van der Waals surface area contributed by atoms with Gasteiger partial charge in [-0.25, -0.2) is 0 Å². The summed E-state index contributed by atoms with van der Waals surface area (Å²) in [4.78, 5) is 0. The molecule has 1 fully saturated rings. The molecular weight excluding hydrogens is 231 g/mol. The van der Waals surface area contributed by atoms with Gasteiger partial charge in [0.25, 0.3) is 0 Å². The monoisotopic (exact) mass is 243 g/mol. The normalized spacial score (nSPS) is 45.5. The smallest absolute Gasteiger partial charge is 0.173 e. The fourth-order valence-electron chi connectivity index (χ4n) is 1.12. The van der Waals surface area contributed by atoms with E-state index in [4.69, 9.17) is 20.7 Å². The second kappa shape index (κ2) is 5.31. The van der Waals surface area contributed by atoms with E-state index in [-0.39, 0.29) is 19.5 Å². The van der Waals surface area contributed by atoms with Crippen LogP contribution in [0.4, 0.5) is 0 Å². The molecule has 0 aliphatic carbocycles. The molecule has 0 aromatic carbocycles. The van der Waals surface area contributed by atoms with Crippen LogP contribution in [0.1, 0.15) is 0 Å². The third-order valence-electron chi connectivity index (χ3n) is 1.95. The second-order valence-electron chi connectivity index (χ2n) is 2.81. The molecular formula is C6H13NO5Zn. The van der Waals surface area contributed by atoms with Gasteiger partial charge >= 0.3 is 0 Å². The van der Waals surface area contributed by atoms with Gasteiger partial charge in [-0.1, -0.05) is 0 Å². The Hall–Kier alpha value is 0.383. The molecule has 13 heavy (non-hydrogen) atoms. The Balaban J connectivity index is 0.00000144. The minimum atomic E-state index is -1.35. The van der Waals surface area contributed by atoms with Crippen molar-refractivity contribution in [2.45, 2.75) is 30.6 Å². The maximum Gasteiger partial charge on any atom is 0.173 e. The van der Waals surface area contributed by atoms with Gasteiger partial charge in [-0.15, -0.1) is 0 Å². The molecule has 6 N–H and O–H groups in total. The first-order valence-electron chi connectivity index (χ1n) is 3.64. The average molecular weight is 245 g/mol. The molecule has 1 aliphatic rings. The van der Waals surface area contributed by atoms with Crippen molar-refractivity contribution < 1.29 is 44.6 Å². The summed E-state index contributed by atoms with van der Waals surface area (Å²) in [6.45, 7) is -0.470. The number of hydrogen-bond acceptors (Lipinski definition) is 6. The predicted molar refractivity (Wildman–Crippen MR) is 38.0 cm³/mol. The summed E-state index contributed by atoms with van der Waals surface area (Å²) in [5.74, 6) is 0. The molecule has 74 valence electrons. The Labute approximate surface area is 88.1 Å². The van der Waals surface area contributed by atoms with E-state index < -0.39 is 37.3 Å². The van der Waals surface area contributed by atoms with Gasteiger partial charge in [0.15, 0.2) is 6.29 Å². The minimum absolute atomic E-state index is 0. The average Bonchev–Trinajstić information content (AvgIpc) is 2.08. The van der Waals surface area contributed by atoms with Crippen molar-refractivity contribution in [2.24, 2.45) is 5.73 Å². The Kier molecular flexibility index (Phi) is 5.47. The topological polar surface area (TPSA) is 116 Å². The van der Waals surface area contributed by atoms with Crippen LogP contribution in [0.25, 0.3) is 0 Å². The molecule has 6 nitrogen and oxygen atoms in total. The van der Waals surface area contributed by atoms with E-state index in [1.807, 2.05) is 0 Å². The molecule has 0 unspecified atom stereocenters. The van der Waals surface area contributed by atoms with E-state index in [1.54, 1.807) is 0 Å². The van der Waals surface area contributed by atoms with E-state index in [9.17, 15) is 10.2 Å². The number of ether oxygens (including phenoxy) is 1. The summed E-state index contributed by atoms with van der Waals surface area (Å²) in [5, 5.41) is 36.1. The quantitative estimate of drug-likeness (QED) is 0.309. The standard InChI is InChI=1S/C6H13NO5.Zn/c7-3-5(10)4(9)2(1-8)12-6(3)11;/h2-6,8-11H,1,7H2;/t2-,3-,4-,5-,6-;/m1./s1. The molecule has 0 saturated carbocycles. The molecule has 1 saturated heterocycles. The van der Waals surface area contributed by atoms with Crippen LogP contribution in [-0.2, 0) is 24.2 Å². The molecule has 1 aliphatic heterocycles. The van der Waals surface area contributed by atoms with Crippen LogP contribution in [-0.4, -0.2) is 57.7 Å². The summed E-state index contributed by atoms with van der Waals surface area (Å²) < 4.78 is 4.70. The SMILES string of the molecule is N[C@@H]1[C@@H](O)[C@H](O)[C@@H](CO)O[C@H]1O.[Zn]. The summed E-state index contributed by atoms with van der Waals surface area (Å²) in [6, 6.07) is -1.04. The fraction of sp³-hybridized carbons (Fsp3) is 1.00. The summed E-state index contributed by atoms with van der Waals surface area (Å²) in [6.07, 6.45) is -4.85. The summed E-state index contributed by atoms with van der Waals surface area (Å²) in [7, 11) is 0. The van der Waals surface area contributed by atoms with Crippen LogP contribution >= 0.6 is 0 Å². The maximum absolute atomic E-state index is 9.20. The van der Waals surface area contributed by atoms with E-state index in [1.165, 1.54) is 0 Å². The van der Waals surface area contributed by atoms with Crippen molar-refractivity contribution in [2.75, 3.05) is 6.61 Å². The first kappa shape index (κ1) is 13.4. The molecule has 1 rings (SSSR count). The van der Waals surface area contributed by atoms with Gasteiger partial charge in [0.2, 0.25) is 0 Å². The zero-order chi connectivity index (χ0) is 9.30. The molecule has 5 atom stereocenters. The van der Waals surface area contributed by atoms with E-state index in [2.05, 4.69) is 0 Å². The zero-order valence-corrected chi connectivity index (χ0v) is 10.0. The summed E-state index contributed by atoms with van der Waals surface area (Å²) in [5.41, 5.74) is 5.26. The Bertz CT molecular complexity index is 155. The Morgan fingerprint density at radius 1 is 1.15 bits per heavy atom. The van der Waals surface area contributed by atoms with E-state index in [0.717, 1.165) is 0 Å². The van der Waals surface area contributed by atoms with Crippen LogP contribution in [0, 0.1) is 0 Å². The number of aliphatic hydroxyl groups excluding tert-OH is 4. The van der Waals surface area contributed by atoms with Gasteiger partial charge in [-0.2, -0.15) is 0 Å². The first-order valence-corrected chi connectivity index (χ1v) is 3.64. The van der Waals surface area contributed by atoms with Gasteiger partial charge in [-0.05, 0) is 0 Å². The number of aliphatic hydroxyl groups is 4. The molecule has 0 aromatic heterocycles. The first-order chi connectivity index (χ1) is 5.57. The largest absolute Gasteiger partial charge is 0.394 e. The summed E-state index contributed by atoms with van der Waals surface area (Å²) >= 11 is 0. The van der Waals surface area contributed by atoms with Crippen molar-refractivity contribution >= 4 is 0 Å². The van der Waals surface area contributed by atoms with Gasteiger partial charge in [0.1, 0.15) is 18.3 Å². The van der Waals surface area contributed by atoms with Crippen molar-refractivity contribution in [3.05, 3.63) is 0 Å². The van der Waals surface area contributed by atoms with Crippen LogP contribution < -0.4 is 5.73 Å². The van der Waals surface area contributed by atoms with E-state index in [0.29, 0.717) is 0 Å². The molecule has 1 heterocycles. The molecule has 0 radical (unpaired) electrons. The Morgan fingerprint density at radius 3 is 2.15 bits per heavy atom. The van der Waals surface area contributed by atoms with Crippen molar-refractivity contribution in [3.8, 4) is 0 Å². The number of nitrogens with two attached hydrogens (primary N) is 1. The van der Waals surface area contributed by atoms with E-state index >= 15 is 0 Å². The van der Waals surface area contributed by atoms with Gasteiger partial charge in [0, 0.05) is 19.5 Å². The molecule has 0 bridgehead atoms. The molecule has 0 amide bonds.